The zero-order valence-electron chi connectivity index (χ0n) is 13.5. The second-order valence-corrected chi connectivity index (χ2v) is 6.78. The quantitative estimate of drug-likeness (QED) is 0.845. The van der Waals surface area contributed by atoms with Crippen molar-refractivity contribution < 1.29 is 4.79 Å². The summed E-state index contributed by atoms with van der Waals surface area (Å²) in [7, 11) is 0. The van der Waals surface area contributed by atoms with Gasteiger partial charge in [0.25, 0.3) is 5.91 Å². The van der Waals surface area contributed by atoms with Gasteiger partial charge < -0.3 is 10.6 Å². The number of nitrogens with one attached hydrogen (secondary N) is 2. The molecule has 0 bridgehead atoms. The van der Waals surface area contributed by atoms with Crippen molar-refractivity contribution in [1.29, 1.82) is 0 Å². The Morgan fingerprint density at radius 2 is 2.08 bits per heavy atom. The lowest BCUT2D eigenvalue weighted by molar-refractivity contribution is 0.0910. The van der Waals surface area contributed by atoms with Gasteiger partial charge >= 0.3 is 0 Å². The van der Waals surface area contributed by atoms with Crippen molar-refractivity contribution in [3.8, 4) is 0 Å². The normalized spacial score (nSPS) is 19.7. The Morgan fingerprint density at radius 3 is 2.79 bits per heavy atom. The summed E-state index contributed by atoms with van der Waals surface area (Å²) in [5, 5.41) is 9.27. The number of amides is 1. The Balaban J connectivity index is 0.00000144. The van der Waals surface area contributed by atoms with E-state index in [-0.39, 0.29) is 36.8 Å². The fourth-order valence-electron chi connectivity index (χ4n) is 2.69. The van der Waals surface area contributed by atoms with Crippen LogP contribution in [0.15, 0.2) is 35.7 Å². The number of halogens is 2. The minimum absolute atomic E-state index is 0. The van der Waals surface area contributed by atoms with Crippen LogP contribution in [-0.4, -0.2) is 30.0 Å². The summed E-state index contributed by atoms with van der Waals surface area (Å²) in [6.07, 6.45) is 1.88. The molecule has 2 heterocycles. The van der Waals surface area contributed by atoms with Crippen LogP contribution >= 0.6 is 36.2 Å². The number of carbonyl (C=O) groups excluding carboxylic acids is 1. The van der Waals surface area contributed by atoms with Crippen molar-refractivity contribution in [1.82, 2.24) is 15.6 Å². The van der Waals surface area contributed by atoms with E-state index in [0.717, 1.165) is 30.9 Å². The van der Waals surface area contributed by atoms with Crippen LogP contribution in [0.5, 0.6) is 0 Å². The first-order valence-corrected chi connectivity index (χ1v) is 8.60. The predicted octanol–water partition coefficient (Wildman–Crippen LogP) is 3.31. The third-order valence-corrected chi connectivity index (χ3v) is 4.98. The van der Waals surface area contributed by atoms with E-state index in [1.54, 1.807) is 11.3 Å². The first-order valence-electron chi connectivity index (χ1n) is 7.72. The van der Waals surface area contributed by atoms with Gasteiger partial charge in [0.15, 0.2) is 0 Å². The number of thiazole rings is 1. The fraction of sp³-hybridized carbons (Fsp3) is 0.412. The van der Waals surface area contributed by atoms with Crippen LogP contribution in [0, 0.1) is 5.92 Å². The zero-order chi connectivity index (χ0) is 15.4. The van der Waals surface area contributed by atoms with Gasteiger partial charge in [-0.2, -0.15) is 0 Å². The summed E-state index contributed by atoms with van der Waals surface area (Å²) in [5.41, 5.74) is 1.75. The molecule has 1 aliphatic heterocycles. The number of hydrogen-bond donors (Lipinski definition) is 2. The molecule has 7 heteroatoms. The van der Waals surface area contributed by atoms with Gasteiger partial charge in [-0.25, -0.2) is 4.98 Å². The maximum Gasteiger partial charge on any atom is 0.271 e. The van der Waals surface area contributed by atoms with E-state index in [1.807, 2.05) is 23.6 Å². The highest BCUT2D eigenvalue weighted by atomic mass is 35.5. The van der Waals surface area contributed by atoms with Gasteiger partial charge in [0.1, 0.15) is 5.69 Å². The number of carbonyl (C=O) groups is 1. The molecule has 2 aromatic rings. The van der Waals surface area contributed by atoms with Crippen LogP contribution in [0.4, 0.5) is 0 Å². The maximum absolute atomic E-state index is 12.3. The molecular weight excluding hydrogens is 365 g/mol. The van der Waals surface area contributed by atoms with Gasteiger partial charge in [-0.05, 0) is 24.4 Å². The molecule has 132 valence electrons. The van der Waals surface area contributed by atoms with E-state index in [1.165, 1.54) is 5.56 Å². The highest BCUT2D eigenvalue weighted by Crippen LogP contribution is 2.16. The minimum atomic E-state index is -0.0592. The van der Waals surface area contributed by atoms with Gasteiger partial charge in [-0.1, -0.05) is 37.3 Å². The first kappa shape index (κ1) is 20.9. The van der Waals surface area contributed by atoms with Gasteiger partial charge in [0.2, 0.25) is 0 Å². The second kappa shape index (κ2) is 9.99. The summed E-state index contributed by atoms with van der Waals surface area (Å²) < 4.78 is 0. The lowest BCUT2D eigenvalue weighted by atomic mass is 9.95. The summed E-state index contributed by atoms with van der Waals surface area (Å²) in [4.78, 5) is 16.8. The Bertz CT molecular complexity index is 636. The average Bonchev–Trinajstić information content (AvgIpc) is 2.99. The Labute approximate surface area is 159 Å². The first-order chi connectivity index (χ1) is 10.7. The Kier molecular flexibility index (Phi) is 8.70. The fourth-order valence-corrected chi connectivity index (χ4v) is 3.50. The largest absolute Gasteiger partial charge is 0.346 e. The van der Waals surface area contributed by atoms with Crippen LogP contribution in [0.1, 0.15) is 34.4 Å². The minimum Gasteiger partial charge on any atom is -0.346 e. The third kappa shape index (κ3) is 5.45. The Hall–Kier alpha value is -1.14. The van der Waals surface area contributed by atoms with Crippen LogP contribution in [0.25, 0.3) is 0 Å². The number of rotatable bonds is 4. The maximum atomic E-state index is 12.3. The highest BCUT2D eigenvalue weighted by molar-refractivity contribution is 7.09. The summed E-state index contributed by atoms with van der Waals surface area (Å²) >= 11 is 1.55. The molecule has 2 N–H and O–H groups in total. The SMILES string of the molecule is CC1CCNCC1NC(=O)c1csc(Cc2ccccc2)n1.Cl.Cl. The predicted molar refractivity (Wildman–Crippen MR) is 104 cm³/mol. The lowest BCUT2D eigenvalue weighted by Gasteiger charge is -2.29. The molecule has 0 spiro atoms. The molecule has 2 unspecified atom stereocenters. The monoisotopic (exact) mass is 387 g/mol. The third-order valence-electron chi connectivity index (χ3n) is 4.13. The van der Waals surface area contributed by atoms with Gasteiger partial charge in [0, 0.05) is 24.4 Å². The number of aromatic nitrogens is 1. The molecule has 1 aromatic heterocycles. The molecule has 0 saturated carbocycles. The molecule has 24 heavy (non-hydrogen) atoms. The molecule has 3 rings (SSSR count). The standard InChI is InChI=1S/C17H21N3OS.2ClH/c1-12-7-8-18-10-14(12)20-17(21)15-11-22-16(19-15)9-13-5-3-2-4-6-13;;/h2-6,11-12,14,18H,7-10H2,1H3,(H,20,21);2*1H. The van der Waals surface area contributed by atoms with Crippen molar-refractivity contribution in [2.75, 3.05) is 13.1 Å². The van der Waals surface area contributed by atoms with Gasteiger partial charge in [0.05, 0.1) is 5.01 Å². The molecule has 0 radical (unpaired) electrons. The highest BCUT2D eigenvalue weighted by Gasteiger charge is 2.23. The van der Waals surface area contributed by atoms with Crippen LogP contribution in [0.2, 0.25) is 0 Å². The molecule has 1 aliphatic rings. The van der Waals surface area contributed by atoms with Crippen molar-refractivity contribution >= 4 is 42.1 Å². The topological polar surface area (TPSA) is 54.0 Å². The van der Waals surface area contributed by atoms with E-state index in [4.69, 9.17) is 0 Å². The number of nitrogens with zero attached hydrogens (tertiary/aromatic N) is 1. The van der Waals surface area contributed by atoms with Crippen molar-refractivity contribution in [3.63, 3.8) is 0 Å². The molecule has 1 aromatic carbocycles. The lowest BCUT2D eigenvalue weighted by Crippen LogP contribution is -2.50. The van der Waals surface area contributed by atoms with Gasteiger partial charge in [-0.15, -0.1) is 36.2 Å². The molecule has 4 nitrogen and oxygen atoms in total. The summed E-state index contributed by atoms with van der Waals surface area (Å²) in [5.74, 6) is 0.448. The molecule has 0 aliphatic carbocycles. The van der Waals surface area contributed by atoms with E-state index < -0.39 is 0 Å². The smallest absolute Gasteiger partial charge is 0.271 e. The van der Waals surface area contributed by atoms with E-state index in [9.17, 15) is 4.79 Å². The van der Waals surface area contributed by atoms with E-state index in [0.29, 0.717) is 11.6 Å². The van der Waals surface area contributed by atoms with E-state index in [2.05, 4.69) is 34.7 Å². The van der Waals surface area contributed by atoms with Crippen LogP contribution in [0.3, 0.4) is 0 Å². The van der Waals surface area contributed by atoms with Crippen molar-refractivity contribution in [2.45, 2.75) is 25.8 Å². The van der Waals surface area contributed by atoms with Crippen LogP contribution < -0.4 is 10.6 Å². The second-order valence-electron chi connectivity index (χ2n) is 5.84. The van der Waals surface area contributed by atoms with Crippen molar-refractivity contribution in [2.24, 2.45) is 5.92 Å². The summed E-state index contributed by atoms with van der Waals surface area (Å²) in [6.45, 7) is 4.06. The molecule has 1 saturated heterocycles. The molecular formula is C17H23Cl2N3OS. The molecule has 1 amide bonds. The number of benzene rings is 1. The molecule has 2 atom stereocenters. The van der Waals surface area contributed by atoms with Gasteiger partial charge in [-0.3, -0.25) is 4.79 Å². The summed E-state index contributed by atoms with van der Waals surface area (Å²) in [6, 6.07) is 10.4. The Morgan fingerprint density at radius 1 is 1.33 bits per heavy atom. The van der Waals surface area contributed by atoms with E-state index >= 15 is 0 Å². The number of hydrogen-bond acceptors (Lipinski definition) is 4. The van der Waals surface area contributed by atoms with Crippen molar-refractivity contribution in [3.05, 3.63) is 52.0 Å². The zero-order valence-corrected chi connectivity index (χ0v) is 16.0. The average molecular weight is 388 g/mol. The van der Waals surface area contributed by atoms with Crippen LogP contribution in [-0.2, 0) is 6.42 Å². The molecule has 1 fully saturated rings. The number of piperidine rings is 1.